The topological polar surface area (TPSA) is 34.4 Å². The van der Waals surface area contributed by atoms with Crippen LogP contribution in [0.2, 0.25) is 5.02 Å². The molecule has 2 rings (SSSR count). The average molecular weight is 308 g/mol. The SMILES string of the molecule is COCCNCC(Cc1ccc(Cl)cc1)Cc1ccoc1. The summed E-state index contributed by atoms with van der Waals surface area (Å²) < 4.78 is 10.2. The highest BCUT2D eigenvalue weighted by molar-refractivity contribution is 6.30. The number of furan rings is 1. The molecule has 0 saturated heterocycles. The fourth-order valence-corrected chi connectivity index (χ4v) is 2.52. The molecule has 0 aliphatic heterocycles. The fraction of sp³-hybridized carbons (Fsp3) is 0.412. The third kappa shape index (κ3) is 5.92. The zero-order valence-corrected chi connectivity index (χ0v) is 13.1. The Balaban J connectivity index is 1.91. The van der Waals surface area contributed by atoms with Crippen LogP contribution in [0.25, 0.3) is 0 Å². The van der Waals surface area contributed by atoms with Crippen LogP contribution in [-0.4, -0.2) is 26.8 Å². The van der Waals surface area contributed by atoms with Gasteiger partial charge in [-0.3, -0.25) is 0 Å². The zero-order chi connectivity index (χ0) is 14.9. The number of hydrogen-bond acceptors (Lipinski definition) is 3. The molecule has 0 fully saturated rings. The van der Waals surface area contributed by atoms with Gasteiger partial charge in [-0.15, -0.1) is 0 Å². The molecule has 0 radical (unpaired) electrons. The van der Waals surface area contributed by atoms with E-state index in [4.69, 9.17) is 20.8 Å². The Kier molecular flexibility index (Phi) is 6.80. The molecule has 21 heavy (non-hydrogen) atoms. The molecule has 0 aliphatic rings. The molecule has 1 aromatic carbocycles. The van der Waals surface area contributed by atoms with Crippen LogP contribution in [0.4, 0.5) is 0 Å². The maximum Gasteiger partial charge on any atom is 0.0934 e. The molecule has 1 atom stereocenters. The molecule has 114 valence electrons. The first-order valence-corrected chi connectivity index (χ1v) is 7.61. The highest BCUT2D eigenvalue weighted by Gasteiger charge is 2.11. The van der Waals surface area contributed by atoms with Crippen LogP contribution in [0, 0.1) is 5.92 Å². The van der Waals surface area contributed by atoms with Crippen LogP contribution >= 0.6 is 11.6 Å². The number of nitrogens with one attached hydrogen (secondary N) is 1. The molecule has 1 unspecified atom stereocenters. The van der Waals surface area contributed by atoms with Gasteiger partial charge in [0.25, 0.3) is 0 Å². The maximum absolute atomic E-state index is 5.94. The molecule has 1 heterocycles. The molecule has 0 spiro atoms. The van der Waals surface area contributed by atoms with E-state index in [9.17, 15) is 0 Å². The van der Waals surface area contributed by atoms with Gasteiger partial charge in [0.15, 0.2) is 0 Å². The first-order valence-electron chi connectivity index (χ1n) is 7.23. The van der Waals surface area contributed by atoms with Gasteiger partial charge in [0.05, 0.1) is 19.1 Å². The van der Waals surface area contributed by atoms with Crippen molar-refractivity contribution >= 4 is 11.6 Å². The smallest absolute Gasteiger partial charge is 0.0934 e. The lowest BCUT2D eigenvalue weighted by molar-refractivity contribution is 0.197. The molecule has 4 heteroatoms. The number of methoxy groups -OCH3 is 1. The fourth-order valence-electron chi connectivity index (χ4n) is 2.39. The molecule has 3 nitrogen and oxygen atoms in total. The Labute approximate surface area is 131 Å². The summed E-state index contributed by atoms with van der Waals surface area (Å²) in [7, 11) is 1.72. The van der Waals surface area contributed by atoms with Crippen molar-refractivity contribution in [2.24, 2.45) is 5.92 Å². The number of benzene rings is 1. The number of ether oxygens (including phenoxy) is 1. The van der Waals surface area contributed by atoms with Crippen molar-refractivity contribution in [3.8, 4) is 0 Å². The summed E-state index contributed by atoms with van der Waals surface area (Å²) in [5.41, 5.74) is 2.55. The molecular formula is C17H22ClNO2. The average Bonchev–Trinajstić information content (AvgIpc) is 2.99. The minimum atomic E-state index is 0.514. The predicted molar refractivity (Wildman–Crippen MR) is 85.8 cm³/mol. The second-order valence-electron chi connectivity index (χ2n) is 5.23. The molecule has 0 aliphatic carbocycles. The van der Waals surface area contributed by atoms with Gasteiger partial charge in [0.2, 0.25) is 0 Å². The molecule has 0 amide bonds. The summed E-state index contributed by atoms with van der Waals surface area (Å²) in [6.45, 7) is 2.57. The van der Waals surface area contributed by atoms with Gasteiger partial charge >= 0.3 is 0 Å². The highest BCUT2D eigenvalue weighted by Crippen LogP contribution is 2.17. The van der Waals surface area contributed by atoms with Crippen molar-refractivity contribution < 1.29 is 9.15 Å². The molecule has 0 saturated carbocycles. The third-order valence-electron chi connectivity index (χ3n) is 3.46. The first kappa shape index (κ1) is 16.1. The Morgan fingerprint density at radius 2 is 1.90 bits per heavy atom. The van der Waals surface area contributed by atoms with Crippen LogP contribution in [0.3, 0.4) is 0 Å². The van der Waals surface area contributed by atoms with Crippen molar-refractivity contribution in [3.63, 3.8) is 0 Å². The highest BCUT2D eigenvalue weighted by atomic mass is 35.5. The van der Waals surface area contributed by atoms with E-state index < -0.39 is 0 Å². The summed E-state index contributed by atoms with van der Waals surface area (Å²) in [6, 6.07) is 10.1. The van der Waals surface area contributed by atoms with E-state index in [-0.39, 0.29) is 0 Å². The van der Waals surface area contributed by atoms with Gasteiger partial charge in [0.1, 0.15) is 0 Å². The molecule has 0 bridgehead atoms. The summed E-state index contributed by atoms with van der Waals surface area (Å²) in [4.78, 5) is 0. The summed E-state index contributed by atoms with van der Waals surface area (Å²) in [5, 5.41) is 4.23. The van der Waals surface area contributed by atoms with Crippen molar-refractivity contribution in [3.05, 3.63) is 59.0 Å². The summed E-state index contributed by atoms with van der Waals surface area (Å²) in [5.74, 6) is 0.514. The number of halogens is 1. The standard InChI is InChI=1S/C17H22ClNO2/c1-20-9-7-19-12-16(11-15-6-8-21-13-15)10-14-2-4-17(18)5-3-14/h2-6,8,13,16,19H,7,9-12H2,1H3. The number of hydrogen-bond donors (Lipinski definition) is 1. The summed E-state index contributed by atoms with van der Waals surface area (Å²) >= 11 is 5.94. The second-order valence-corrected chi connectivity index (χ2v) is 5.67. The van der Waals surface area contributed by atoms with Crippen molar-refractivity contribution in [1.82, 2.24) is 5.32 Å². The Bertz CT molecular complexity index is 496. The van der Waals surface area contributed by atoms with Gasteiger partial charge in [-0.05, 0) is 54.6 Å². The van der Waals surface area contributed by atoms with Gasteiger partial charge in [-0.2, -0.15) is 0 Å². The zero-order valence-electron chi connectivity index (χ0n) is 12.3. The van der Waals surface area contributed by atoms with Gasteiger partial charge in [-0.25, -0.2) is 0 Å². The van der Waals surface area contributed by atoms with E-state index in [1.54, 1.807) is 13.4 Å². The predicted octanol–water partition coefficient (Wildman–Crippen LogP) is 3.57. The first-order chi connectivity index (χ1) is 10.3. The third-order valence-corrected chi connectivity index (χ3v) is 3.71. The monoisotopic (exact) mass is 307 g/mol. The Hall–Kier alpha value is -1.29. The number of rotatable bonds is 9. The van der Waals surface area contributed by atoms with E-state index in [0.717, 1.165) is 37.6 Å². The Morgan fingerprint density at radius 1 is 1.14 bits per heavy atom. The van der Waals surface area contributed by atoms with Crippen LogP contribution in [0.1, 0.15) is 11.1 Å². The van der Waals surface area contributed by atoms with E-state index in [1.807, 2.05) is 24.5 Å². The molecule has 2 aromatic rings. The van der Waals surface area contributed by atoms with Crippen molar-refractivity contribution in [2.45, 2.75) is 12.8 Å². The van der Waals surface area contributed by atoms with E-state index in [2.05, 4.69) is 17.4 Å². The van der Waals surface area contributed by atoms with Crippen LogP contribution in [-0.2, 0) is 17.6 Å². The lowest BCUT2D eigenvalue weighted by atomic mass is 9.93. The maximum atomic E-state index is 5.94. The van der Waals surface area contributed by atoms with Crippen LogP contribution in [0.5, 0.6) is 0 Å². The van der Waals surface area contributed by atoms with E-state index >= 15 is 0 Å². The minimum absolute atomic E-state index is 0.514. The van der Waals surface area contributed by atoms with Crippen molar-refractivity contribution in [2.75, 3.05) is 26.8 Å². The normalized spacial score (nSPS) is 12.5. The lowest BCUT2D eigenvalue weighted by Gasteiger charge is -2.17. The summed E-state index contributed by atoms with van der Waals surface area (Å²) in [6.07, 6.45) is 5.57. The van der Waals surface area contributed by atoms with Gasteiger partial charge in [-0.1, -0.05) is 23.7 Å². The lowest BCUT2D eigenvalue weighted by Crippen LogP contribution is -2.28. The van der Waals surface area contributed by atoms with Gasteiger partial charge in [0, 0.05) is 18.7 Å². The second kappa shape index (κ2) is 8.88. The van der Waals surface area contributed by atoms with Crippen molar-refractivity contribution in [1.29, 1.82) is 0 Å². The molecule has 1 N–H and O–H groups in total. The molecule has 1 aromatic heterocycles. The van der Waals surface area contributed by atoms with Crippen LogP contribution < -0.4 is 5.32 Å². The van der Waals surface area contributed by atoms with E-state index in [0.29, 0.717) is 5.92 Å². The van der Waals surface area contributed by atoms with E-state index in [1.165, 1.54) is 11.1 Å². The minimum Gasteiger partial charge on any atom is -0.472 e. The van der Waals surface area contributed by atoms with Crippen LogP contribution in [0.15, 0.2) is 47.3 Å². The quantitative estimate of drug-likeness (QED) is 0.719. The Morgan fingerprint density at radius 3 is 2.57 bits per heavy atom. The largest absolute Gasteiger partial charge is 0.472 e. The van der Waals surface area contributed by atoms with Gasteiger partial charge < -0.3 is 14.5 Å². The molecular weight excluding hydrogens is 286 g/mol.